The van der Waals surface area contributed by atoms with E-state index in [1.807, 2.05) is 0 Å². The number of rotatable bonds is 9. The van der Waals surface area contributed by atoms with E-state index in [0.717, 1.165) is 15.0 Å². The number of anilines is 1. The molecule has 1 aromatic heterocycles. The van der Waals surface area contributed by atoms with Crippen molar-refractivity contribution in [1.82, 2.24) is 15.5 Å². The number of hydrogen-bond donors (Lipinski definition) is 2. The number of aromatic nitrogens is 2. The second-order valence-corrected chi connectivity index (χ2v) is 9.89. The van der Waals surface area contributed by atoms with Crippen LogP contribution in [0, 0.1) is 5.92 Å². The molecule has 1 aromatic carbocycles. The normalized spacial score (nSPS) is 15.2. The Morgan fingerprint density at radius 1 is 1.15 bits per heavy atom. The highest BCUT2D eigenvalue weighted by atomic mass is 32.2. The highest BCUT2D eigenvalue weighted by Crippen LogP contribution is 2.30. The summed E-state index contributed by atoms with van der Waals surface area (Å²) >= 11 is 2.96. The monoisotopic (exact) mass is 404 g/mol. The molecule has 1 atom stereocenters. The van der Waals surface area contributed by atoms with Gasteiger partial charge in [0.05, 0.1) is 11.8 Å². The quantitative estimate of drug-likeness (QED) is 0.585. The van der Waals surface area contributed by atoms with E-state index in [-0.39, 0.29) is 11.9 Å². The zero-order chi connectivity index (χ0) is 19.4. The number of hydrogen-bond acceptors (Lipinski definition) is 6. The van der Waals surface area contributed by atoms with Gasteiger partial charge in [0, 0.05) is 6.04 Å². The smallest absolute Gasteiger partial charge is 0.230 e. The molecule has 5 nitrogen and oxygen atoms in total. The molecule has 146 valence electrons. The first-order valence-corrected chi connectivity index (χ1v) is 11.3. The largest absolute Gasteiger partial charge is 0.357 e. The van der Waals surface area contributed by atoms with Crippen LogP contribution in [-0.4, -0.2) is 27.9 Å². The van der Waals surface area contributed by atoms with Crippen molar-refractivity contribution in [1.29, 1.82) is 0 Å². The summed E-state index contributed by atoms with van der Waals surface area (Å²) in [4.78, 5) is 12.5. The third-order valence-corrected chi connectivity index (χ3v) is 6.57. The summed E-state index contributed by atoms with van der Waals surface area (Å²) in [6.07, 6.45) is 2.42. The Hall–Kier alpha value is -1.60. The molecule has 1 fully saturated rings. The Kier molecular flexibility index (Phi) is 6.76. The summed E-state index contributed by atoms with van der Waals surface area (Å²) in [6.45, 7) is 8.64. The summed E-state index contributed by atoms with van der Waals surface area (Å²) < 4.78 is 0.829. The fourth-order valence-electron chi connectivity index (χ4n) is 2.79. The van der Waals surface area contributed by atoms with Crippen molar-refractivity contribution in [3.8, 4) is 0 Å². The van der Waals surface area contributed by atoms with Gasteiger partial charge < -0.3 is 10.6 Å². The van der Waals surface area contributed by atoms with E-state index < -0.39 is 0 Å². The zero-order valence-corrected chi connectivity index (χ0v) is 18.0. The number of nitrogens with zero attached hydrogens (tertiary/aromatic N) is 2. The van der Waals surface area contributed by atoms with E-state index in [2.05, 4.69) is 72.8 Å². The molecule has 0 saturated heterocycles. The van der Waals surface area contributed by atoms with Crippen molar-refractivity contribution in [2.24, 2.45) is 5.92 Å². The lowest BCUT2D eigenvalue weighted by Gasteiger charge is -2.23. The molecular weight excluding hydrogens is 376 g/mol. The van der Waals surface area contributed by atoms with Gasteiger partial charge in [0.2, 0.25) is 11.0 Å². The highest BCUT2D eigenvalue weighted by Gasteiger charge is 2.23. The third-order valence-electron chi connectivity index (χ3n) is 4.58. The Bertz CT molecular complexity index is 754. The third kappa shape index (κ3) is 5.94. The maximum absolute atomic E-state index is 12.5. The second-order valence-electron chi connectivity index (χ2n) is 7.69. The van der Waals surface area contributed by atoms with Gasteiger partial charge in [-0.3, -0.25) is 4.79 Å². The van der Waals surface area contributed by atoms with Crippen LogP contribution in [0.4, 0.5) is 5.13 Å². The van der Waals surface area contributed by atoms with Crippen molar-refractivity contribution in [2.45, 2.75) is 62.9 Å². The van der Waals surface area contributed by atoms with E-state index in [9.17, 15) is 4.79 Å². The topological polar surface area (TPSA) is 66.9 Å². The molecule has 2 aromatic rings. The van der Waals surface area contributed by atoms with E-state index in [0.29, 0.717) is 23.6 Å². The minimum absolute atomic E-state index is 0.0147. The van der Waals surface area contributed by atoms with Gasteiger partial charge in [0.15, 0.2) is 4.34 Å². The lowest BCUT2D eigenvalue weighted by molar-refractivity contribution is -0.119. The van der Waals surface area contributed by atoms with Crippen LogP contribution < -0.4 is 10.6 Å². The number of carbonyl (C=O) groups excluding carboxylic acids is 1. The van der Waals surface area contributed by atoms with Crippen molar-refractivity contribution in [2.75, 3.05) is 11.1 Å². The SMILES string of the molecule is CC(C)c1ccc(C(NC(=O)CSc2nnc(NC3CC3)s2)C(C)C)cc1. The Labute approximate surface area is 169 Å². The Morgan fingerprint density at radius 3 is 2.41 bits per heavy atom. The summed E-state index contributed by atoms with van der Waals surface area (Å²) in [5.74, 6) is 1.21. The molecular formula is C20H28N4OS2. The molecule has 0 radical (unpaired) electrons. The van der Waals surface area contributed by atoms with Crippen molar-refractivity contribution < 1.29 is 4.79 Å². The summed E-state index contributed by atoms with van der Waals surface area (Å²) in [6, 6.07) is 9.16. The molecule has 0 aliphatic heterocycles. The summed E-state index contributed by atoms with van der Waals surface area (Å²) in [5, 5.41) is 15.7. The van der Waals surface area contributed by atoms with Crippen molar-refractivity contribution in [3.05, 3.63) is 35.4 Å². The molecule has 0 spiro atoms. The average Bonchev–Trinajstić information content (AvgIpc) is 3.34. The molecule has 7 heteroatoms. The molecule has 27 heavy (non-hydrogen) atoms. The predicted molar refractivity (Wildman–Crippen MR) is 114 cm³/mol. The van der Waals surface area contributed by atoms with E-state index >= 15 is 0 Å². The van der Waals surface area contributed by atoms with E-state index in [1.165, 1.54) is 41.5 Å². The molecule has 1 amide bonds. The number of benzene rings is 1. The van der Waals surface area contributed by atoms with Gasteiger partial charge in [0.25, 0.3) is 0 Å². The highest BCUT2D eigenvalue weighted by molar-refractivity contribution is 8.01. The van der Waals surface area contributed by atoms with Gasteiger partial charge in [-0.1, -0.05) is 75.1 Å². The minimum atomic E-state index is 0.0147. The molecule has 1 aliphatic carbocycles. The number of amides is 1. The van der Waals surface area contributed by atoms with E-state index in [4.69, 9.17) is 0 Å². The fourth-order valence-corrected chi connectivity index (χ4v) is 4.43. The number of nitrogens with one attached hydrogen (secondary N) is 2. The number of thioether (sulfide) groups is 1. The van der Waals surface area contributed by atoms with Gasteiger partial charge in [-0.25, -0.2) is 0 Å². The minimum Gasteiger partial charge on any atom is -0.357 e. The van der Waals surface area contributed by atoms with Crippen LogP contribution in [0.25, 0.3) is 0 Å². The van der Waals surface area contributed by atoms with Gasteiger partial charge in [-0.05, 0) is 35.8 Å². The molecule has 1 saturated carbocycles. The molecule has 1 unspecified atom stereocenters. The first-order valence-electron chi connectivity index (χ1n) is 9.54. The second kappa shape index (κ2) is 9.06. The van der Waals surface area contributed by atoms with Crippen LogP contribution in [0.15, 0.2) is 28.6 Å². The van der Waals surface area contributed by atoms with Crippen LogP contribution >= 0.6 is 23.1 Å². The fraction of sp³-hybridized carbons (Fsp3) is 0.550. The molecule has 3 rings (SSSR count). The number of carbonyl (C=O) groups is 1. The zero-order valence-electron chi connectivity index (χ0n) is 16.4. The Morgan fingerprint density at radius 2 is 1.81 bits per heavy atom. The average molecular weight is 405 g/mol. The maximum atomic E-state index is 12.5. The molecule has 0 bridgehead atoms. The summed E-state index contributed by atoms with van der Waals surface area (Å²) in [5.41, 5.74) is 2.47. The maximum Gasteiger partial charge on any atom is 0.230 e. The van der Waals surface area contributed by atoms with Gasteiger partial charge in [0.1, 0.15) is 0 Å². The first kappa shape index (κ1) is 20.1. The lowest BCUT2D eigenvalue weighted by Crippen LogP contribution is -2.33. The molecule has 2 N–H and O–H groups in total. The van der Waals surface area contributed by atoms with Gasteiger partial charge in [-0.2, -0.15) is 0 Å². The standard InChI is InChI=1S/C20H28N4OS2/c1-12(2)14-5-7-15(8-6-14)18(13(3)4)22-17(25)11-26-20-24-23-19(27-20)21-16-9-10-16/h5-8,12-13,16,18H,9-11H2,1-4H3,(H,21,23)(H,22,25). The lowest BCUT2D eigenvalue weighted by atomic mass is 9.93. The predicted octanol–water partition coefficient (Wildman–Crippen LogP) is 4.84. The molecule has 1 aliphatic rings. The van der Waals surface area contributed by atoms with Crippen LogP contribution in [0.3, 0.4) is 0 Å². The van der Waals surface area contributed by atoms with Crippen LogP contribution in [-0.2, 0) is 4.79 Å². The van der Waals surface area contributed by atoms with Gasteiger partial charge >= 0.3 is 0 Å². The van der Waals surface area contributed by atoms with Crippen molar-refractivity contribution in [3.63, 3.8) is 0 Å². The van der Waals surface area contributed by atoms with Crippen LogP contribution in [0.5, 0.6) is 0 Å². The summed E-state index contributed by atoms with van der Waals surface area (Å²) in [7, 11) is 0. The Balaban J connectivity index is 1.54. The first-order chi connectivity index (χ1) is 12.9. The van der Waals surface area contributed by atoms with E-state index in [1.54, 1.807) is 0 Å². The van der Waals surface area contributed by atoms with Crippen LogP contribution in [0.1, 0.15) is 63.6 Å². The molecule has 1 heterocycles. The van der Waals surface area contributed by atoms with Gasteiger partial charge in [-0.15, -0.1) is 10.2 Å². The van der Waals surface area contributed by atoms with Crippen molar-refractivity contribution >= 4 is 34.1 Å². The van der Waals surface area contributed by atoms with Crippen LogP contribution in [0.2, 0.25) is 0 Å².